The number of nitrogens with zero attached hydrogens (tertiary/aromatic N) is 2. The summed E-state index contributed by atoms with van der Waals surface area (Å²) in [4.78, 5) is 7.98. The van der Waals surface area contributed by atoms with Gasteiger partial charge in [0, 0.05) is 31.6 Å². The van der Waals surface area contributed by atoms with Crippen molar-refractivity contribution in [2.24, 2.45) is 10.9 Å². The van der Waals surface area contributed by atoms with Gasteiger partial charge < -0.3 is 15.5 Å². The number of guanidine groups is 1. The van der Waals surface area contributed by atoms with Crippen molar-refractivity contribution in [3.05, 3.63) is 57.8 Å². The second-order valence-electron chi connectivity index (χ2n) is 6.70. The standard InChI is InChI=1S/C20H30N4S/c1-16(12-19-10-7-11-25-19)13-22-20(21-2)23-14-17-8-5-6-9-18(17)15-24(3)4/h5-11,16H,12-15H2,1-4H3,(H2,21,22,23). The topological polar surface area (TPSA) is 39.7 Å². The molecule has 2 rings (SSSR count). The second-order valence-corrected chi connectivity index (χ2v) is 7.73. The van der Waals surface area contributed by atoms with E-state index in [2.05, 4.69) is 83.3 Å². The molecule has 136 valence electrons. The number of hydrogen-bond donors (Lipinski definition) is 2. The van der Waals surface area contributed by atoms with Gasteiger partial charge in [0.2, 0.25) is 0 Å². The predicted octanol–water partition coefficient (Wildman–Crippen LogP) is 3.35. The Bertz CT molecular complexity index is 649. The van der Waals surface area contributed by atoms with Gasteiger partial charge in [-0.1, -0.05) is 37.3 Å². The number of nitrogens with one attached hydrogen (secondary N) is 2. The zero-order valence-electron chi connectivity index (χ0n) is 15.7. The van der Waals surface area contributed by atoms with Gasteiger partial charge in [-0.2, -0.15) is 0 Å². The van der Waals surface area contributed by atoms with Crippen molar-refractivity contribution in [3.8, 4) is 0 Å². The Kier molecular flexibility index (Phi) is 7.95. The summed E-state index contributed by atoms with van der Waals surface area (Å²) in [6, 6.07) is 12.9. The molecule has 1 unspecified atom stereocenters. The molecule has 0 saturated heterocycles. The summed E-state index contributed by atoms with van der Waals surface area (Å²) in [6.45, 7) is 4.91. The van der Waals surface area contributed by atoms with Crippen LogP contribution in [0.1, 0.15) is 22.9 Å². The summed E-state index contributed by atoms with van der Waals surface area (Å²) in [7, 11) is 6.02. The van der Waals surface area contributed by atoms with Crippen molar-refractivity contribution in [1.29, 1.82) is 0 Å². The average Bonchev–Trinajstić information content (AvgIpc) is 3.08. The minimum atomic E-state index is 0.568. The molecule has 2 N–H and O–H groups in total. The number of thiophene rings is 1. The van der Waals surface area contributed by atoms with Crippen LogP contribution in [0.15, 0.2) is 46.8 Å². The monoisotopic (exact) mass is 358 g/mol. The first-order chi connectivity index (χ1) is 12.1. The van der Waals surface area contributed by atoms with Crippen molar-refractivity contribution in [3.63, 3.8) is 0 Å². The molecule has 0 aliphatic carbocycles. The summed E-state index contributed by atoms with van der Waals surface area (Å²) < 4.78 is 0. The average molecular weight is 359 g/mol. The lowest BCUT2D eigenvalue weighted by molar-refractivity contribution is 0.400. The summed E-state index contributed by atoms with van der Waals surface area (Å²) in [6.07, 6.45) is 1.10. The Hall–Kier alpha value is -1.85. The van der Waals surface area contributed by atoms with Gasteiger partial charge in [0.15, 0.2) is 5.96 Å². The highest BCUT2D eigenvalue weighted by Crippen LogP contribution is 2.14. The fraction of sp³-hybridized carbons (Fsp3) is 0.450. The molecule has 2 aromatic rings. The van der Waals surface area contributed by atoms with Crippen LogP contribution in [0.25, 0.3) is 0 Å². The van der Waals surface area contributed by atoms with Crippen LogP contribution < -0.4 is 10.6 Å². The molecule has 25 heavy (non-hydrogen) atoms. The van der Waals surface area contributed by atoms with Crippen molar-refractivity contribution >= 4 is 17.3 Å². The summed E-state index contributed by atoms with van der Waals surface area (Å²) in [5, 5.41) is 9.02. The molecule has 0 saturated carbocycles. The lowest BCUT2D eigenvalue weighted by Gasteiger charge is -2.18. The van der Waals surface area contributed by atoms with Gasteiger partial charge in [0.25, 0.3) is 0 Å². The fourth-order valence-electron chi connectivity index (χ4n) is 2.74. The van der Waals surface area contributed by atoms with E-state index in [1.165, 1.54) is 16.0 Å². The zero-order valence-corrected chi connectivity index (χ0v) is 16.6. The first-order valence-corrected chi connectivity index (χ1v) is 9.65. The molecule has 5 heteroatoms. The summed E-state index contributed by atoms with van der Waals surface area (Å²) in [5.74, 6) is 1.43. The van der Waals surface area contributed by atoms with E-state index in [0.29, 0.717) is 5.92 Å². The van der Waals surface area contributed by atoms with Crippen LogP contribution >= 0.6 is 11.3 Å². The number of benzene rings is 1. The van der Waals surface area contributed by atoms with E-state index in [1.54, 1.807) is 0 Å². The molecule has 1 atom stereocenters. The Morgan fingerprint density at radius 3 is 2.52 bits per heavy atom. The predicted molar refractivity (Wildman–Crippen MR) is 109 cm³/mol. The van der Waals surface area contributed by atoms with Gasteiger partial charge in [0.05, 0.1) is 0 Å². The zero-order chi connectivity index (χ0) is 18.1. The number of rotatable bonds is 8. The maximum Gasteiger partial charge on any atom is 0.191 e. The molecule has 1 heterocycles. The number of hydrogen-bond acceptors (Lipinski definition) is 3. The van der Waals surface area contributed by atoms with Gasteiger partial charge in [0.1, 0.15) is 0 Å². The van der Waals surface area contributed by atoms with E-state index < -0.39 is 0 Å². The third-order valence-electron chi connectivity index (χ3n) is 4.02. The lowest BCUT2D eigenvalue weighted by atomic mass is 10.1. The minimum absolute atomic E-state index is 0.568. The molecule has 0 amide bonds. The quantitative estimate of drug-likeness (QED) is 0.561. The minimum Gasteiger partial charge on any atom is -0.356 e. The van der Waals surface area contributed by atoms with Crippen LogP contribution in [0.5, 0.6) is 0 Å². The van der Waals surface area contributed by atoms with E-state index in [4.69, 9.17) is 0 Å². The van der Waals surface area contributed by atoms with E-state index in [1.807, 2.05) is 18.4 Å². The van der Waals surface area contributed by atoms with E-state index in [9.17, 15) is 0 Å². The first kappa shape index (κ1) is 19.5. The largest absolute Gasteiger partial charge is 0.356 e. The van der Waals surface area contributed by atoms with Gasteiger partial charge >= 0.3 is 0 Å². The third kappa shape index (κ3) is 6.88. The van der Waals surface area contributed by atoms with Crippen molar-refractivity contribution in [1.82, 2.24) is 15.5 Å². The smallest absolute Gasteiger partial charge is 0.191 e. The van der Waals surface area contributed by atoms with Crippen LogP contribution in [0.2, 0.25) is 0 Å². The van der Waals surface area contributed by atoms with E-state index >= 15 is 0 Å². The maximum atomic E-state index is 4.35. The molecular formula is C20H30N4S. The normalized spacial score (nSPS) is 13.1. The van der Waals surface area contributed by atoms with Crippen molar-refractivity contribution in [2.75, 3.05) is 27.7 Å². The molecule has 0 spiro atoms. The highest BCUT2D eigenvalue weighted by atomic mass is 32.1. The van der Waals surface area contributed by atoms with Crippen LogP contribution in [0.3, 0.4) is 0 Å². The SMILES string of the molecule is CN=C(NCc1ccccc1CN(C)C)NCC(C)Cc1cccs1. The summed E-state index contributed by atoms with van der Waals surface area (Å²) >= 11 is 1.83. The molecular weight excluding hydrogens is 328 g/mol. The molecule has 1 aromatic heterocycles. The first-order valence-electron chi connectivity index (χ1n) is 8.77. The van der Waals surface area contributed by atoms with Gasteiger partial charge in [-0.3, -0.25) is 4.99 Å². The fourth-order valence-corrected chi connectivity index (χ4v) is 3.61. The van der Waals surface area contributed by atoms with Crippen LogP contribution in [0.4, 0.5) is 0 Å². The molecule has 0 aliphatic heterocycles. The van der Waals surface area contributed by atoms with Gasteiger partial charge in [-0.15, -0.1) is 11.3 Å². The molecule has 4 nitrogen and oxygen atoms in total. The highest BCUT2D eigenvalue weighted by molar-refractivity contribution is 7.09. The Balaban J connectivity index is 1.82. The molecule has 0 radical (unpaired) electrons. The number of aliphatic imine (C=N–C) groups is 1. The molecule has 0 aliphatic rings. The van der Waals surface area contributed by atoms with Crippen LogP contribution in [-0.4, -0.2) is 38.5 Å². The van der Waals surface area contributed by atoms with Crippen LogP contribution in [0, 0.1) is 5.92 Å². The second kappa shape index (κ2) is 10.2. The lowest BCUT2D eigenvalue weighted by Crippen LogP contribution is -2.39. The van der Waals surface area contributed by atoms with Crippen molar-refractivity contribution < 1.29 is 0 Å². The van der Waals surface area contributed by atoms with Crippen molar-refractivity contribution in [2.45, 2.75) is 26.4 Å². The Morgan fingerprint density at radius 1 is 1.12 bits per heavy atom. The molecule has 0 bridgehead atoms. The molecule has 1 aromatic carbocycles. The molecule has 0 fully saturated rings. The third-order valence-corrected chi connectivity index (χ3v) is 4.92. The Labute approximate surface area is 156 Å². The summed E-state index contributed by atoms with van der Waals surface area (Å²) in [5.41, 5.74) is 2.66. The van der Waals surface area contributed by atoms with E-state index in [-0.39, 0.29) is 0 Å². The van der Waals surface area contributed by atoms with E-state index in [0.717, 1.165) is 32.0 Å². The Morgan fingerprint density at radius 2 is 1.88 bits per heavy atom. The maximum absolute atomic E-state index is 4.35. The highest BCUT2D eigenvalue weighted by Gasteiger charge is 2.07. The van der Waals surface area contributed by atoms with Gasteiger partial charge in [-0.25, -0.2) is 0 Å². The van der Waals surface area contributed by atoms with Gasteiger partial charge in [-0.05, 0) is 49.0 Å². The van der Waals surface area contributed by atoms with Crippen LogP contribution in [-0.2, 0) is 19.5 Å².